The summed E-state index contributed by atoms with van der Waals surface area (Å²) in [5.74, 6) is -12.1. The first kappa shape index (κ1) is 37.9. The van der Waals surface area contributed by atoms with E-state index in [1.165, 1.54) is 28.0 Å². The van der Waals surface area contributed by atoms with Gasteiger partial charge in [0.2, 0.25) is 5.91 Å². The Balaban J connectivity index is 1.17. The molecule has 2 fully saturated rings. The fourth-order valence-corrected chi connectivity index (χ4v) is 6.91. The Labute approximate surface area is 308 Å². The van der Waals surface area contributed by atoms with Crippen LogP contribution in [0.2, 0.25) is 5.02 Å². The van der Waals surface area contributed by atoms with Crippen LogP contribution in [0.15, 0.2) is 36.4 Å². The van der Waals surface area contributed by atoms with E-state index in [-0.39, 0.29) is 56.6 Å². The Morgan fingerprint density at radius 2 is 1.67 bits per heavy atom. The monoisotopic (exact) mass is 775 g/mol. The van der Waals surface area contributed by atoms with E-state index in [4.69, 9.17) is 16.3 Å². The van der Waals surface area contributed by atoms with Gasteiger partial charge in [-0.2, -0.15) is 0 Å². The van der Waals surface area contributed by atoms with Gasteiger partial charge < -0.3 is 50.5 Å². The molecule has 3 aliphatic rings. The fraction of sp³-hybridized carbons (Fsp3) is 0.303. The molecule has 0 bridgehead atoms. The summed E-state index contributed by atoms with van der Waals surface area (Å²) in [6.45, 7) is 0.115. The van der Waals surface area contributed by atoms with Gasteiger partial charge in [-0.3, -0.25) is 9.59 Å². The van der Waals surface area contributed by atoms with E-state index in [0.717, 1.165) is 17.0 Å². The van der Waals surface area contributed by atoms with Crippen LogP contribution in [0.25, 0.3) is 0 Å². The number of likely N-dealkylation sites (tertiary alicyclic amines) is 1. The molecule has 3 aromatic rings. The number of carboxylic acids is 1. The number of phenolic OH excluding ortho intramolecular Hbond substituents is 3. The Hall–Kier alpha value is -5.89. The minimum atomic E-state index is -1.99. The average molecular weight is 776 g/mol. The molecule has 16 nitrogen and oxygen atoms in total. The summed E-state index contributed by atoms with van der Waals surface area (Å²) in [6, 6.07) is 1.88. The largest absolute Gasteiger partial charge is 0.547 e. The van der Waals surface area contributed by atoms with Crippen molar-refractivity contribution < 1.29 is 67.2 Å². The van der Waals surface area contributed by atoms with Gasteiger partial charge in [0.1, 0.15) is 23.2 Å². The van der Waals surface area contributed by atoms with Crippen LogP contribution < -0.4 is 15.3 Å². The van der Waals surface area contributed by atoms with Gasteiger partial charge >= 0.3 is 25.1 Å². The number of aromatic carboxylic acids is 1. The van der Waals surface area contributed by atoms with E-state index in [2.05, 4.69) is 10.6 Å². The Kier molecular flexibility index (Phi) is 10.4. The quantitative estimate of drug-likeness (QED) is 0.136. The molecule has 0 aliphatic carbocycles. The van der Waals surface area contributed by atoms with Crippen LogP contribution in [0.5, 0.6) is 23.0 Å². The van der Waals surface area contributed by atoms with Crippen molar-refractivity contribution in [2.75, 3.05) is 26.2 Å². The Bertz CT molecular complexity index is 2070. The molecule has 6 amide bonds. The first-order chi connectivity index (χ1) is 25.6. The Morgan fingerprint density at radius 3 is 2.35 bits per heavy atom. The number of carbonyl (C=O) groups is 5. The lowest BCUT2D eigenvalue weighted by molar-refractivity contribution is -0.123. The van der Waals surface area contributed by atoms with Gasteiger partial charge in [0.05, 0.1) is 16.5 Å². The highest BCUT2D eigenvalue weighted by atomic mass is 35.5. The number of imide groups is 1. The summed E-state index contributed by atoms with van der Waals surface area (Å²) < 4.78 is 48.5. The second-order valence-electron chi connectivity index (χ2n) is 12.7. The van der Waals surface area contributed by atoms with Gasteiger partial charge in [0.25, 0.3) is 5.91 Å². The number of fused-ring (bicyclic) bond motifs is 1. The minimum Gasteiger partial charge on any atom is -0.534 e. The number of hydrogen-bond acceptors (Lipinski definition) is 10. The van der Waals surface area contributed by atoms with Gasteiger partial charge in [-0.05, 0) is 49.1 Å². The Morgan fingerprint density at radius 1 is 0.963 bits per heavy atom. The minimum absolute atomic E-state index is 0.0439. The summed E-state index contributed by atoms with van der Waals surface area (Å²) in [4.78, 5) is 68.9. The second-order valence-corrected chi connectivity index (χ2v) is 13.1. The number of carboxylic acid groups (broad SMARTS) is 1. The third kappa shape index (κ3) is 6.96. The number of nitrogens with one attached hydrogen (secondary N) is 2. The lowest BCUT2D eigenvalue weighted by atomic mass is 9.72. The maximum Gasteiger partial charge on any atom is 0.547 e. The first-order valence-corrected chi connectivity index (χ1v) is 16.7. The normalized spacial score (nSPS) is 17.9. The van der Waals surface area contributed by atoms with Gasteiger partial charge in [-0.25, -0.2) is 32.5 Å². The fourth-order valence-electron chi connectivity index (χ4n) is 6.66. The molecule has 54 heavy (non-hydrogen) atoms. The van der Waals surface area contributed by atoms with Crippen molar-refractivity contribution in [1.82, 2.24) is 25.3 Å². The van der Waals surface area contributed by atoms with Crippen LogP contribution in [-0.4, -0.2) is 115 Å². The number of carbonyl (C=O) groups excluding carboxylic acids is 4. The van der Waals surface area contributed by atoms with E-state index in [1.54, 1.807) is 0 Å². The number of hydrogen-bond donors (Lipinski definition) is 7. The maximum absolute atomic E-state index is 14.7. The van der Waals surface area contributed by atoms with Crippen LogP contribution in [0, 0.1) is 17.5 Å². The predicted octanol–water partition coefficient (Wildman–Crippen LogP) is 2.51. The zero-order chi connectivity index (χ0) is 39.2. The van der Waals surface area contributed by atoms with Crippen molar-refractivity contribution in [3.05, 3.63) is 81.1 Å². The number of rotatable bonds is 7. The molecule has 284 valence electrons. The maximum atomic E-state index is 14.7. The van der Waals surface area contributed by atoms with Crippen LogP contribution in [0.1, 0.15) is 50.7 Å². The van der Waals surface area contributed by atoms with Crippen molar-refractivity contribution in [3.8, 4) is 23.0 Å². The van der Waals surface area contributed by atoms with E-state index in [9.17, 15) is 62.6 Å². The van der Waals surface area contributed by atoms with Crippen LogP contribution in [0.4, 0.5) is 22.8 Å². The molecule has 0 saturated carbocycles. The molecule has 2 atom stereocenters. The molecule has 2 saturated heterocycles. The number of urea groups is 2. The highest BCUT2D eigenvalue weighted by molar-refractivity contribution is 6.47. The van der Waals surface area contributed by atoms with Crippen molar-refractivity contribution in [2.24, 2.45) is 0 Å². The lowest BCUT2D eigenvalue weighted by Gasteiger charge is -2.36. The van der Waals surface area contributed by atoms with Crippen molar-refractivity contribution in [3.63, 3.8) is 0 Å². The summed E-state index contributed by atoms with van der Waals surface area (Å²) >= 11 is 6.17. The molecule has 3 aliphatic heterocycles. The first-order valence-electron chi connectivity index (χ1n) is 16.3. The molecule has 21 heteroatoms. The van der Waals surface area contributed by atoms with E-state index in [1.807, 2.05) is 0 Å². The third-order valence-corrected chi connectivity index (χ3v) is 9.87. The summed E-state index contributed by atoms with van der Waals surface area (Å²) in [5, 5.41) is 53.7. The zero-order valence-electron chi connectivity index (χ0n) is 27.8. The van der Waals surface area contributed by atoms with Crippen molar-refractivity contribution in [1.29, 1.82) is 0 Å². The SMILES string of the molecule is O=C(O)c1c(F)ccc2c1OB(O)[C@@H](NC(=O)[C@@H](NC(=O)N1CCN(C3CCN(C(=O)c4cccc(O)c4F)CC3)C1=O)c1cc(F)c(O)c(O)c1Cl)C2. The van der Waals surface area contributed by atoms with Crippen molar-refractivity contribution in [2.45, 2.75) is 37.3 Å². The topological polar surface area (TPSA) is 230 Å². The number of amides is 6. The highest BCUT2D eigenvalue weighted by Crippen LogP contribution is 2.41. The molecule has 0 unspecified atom stereocenters. The molecule has 0 aromatic heterocycles. The second kappa shape index (κ2) is 14.9. The van der Waals surface area contributed by atoms with Gasteiger partial charge in [-0.15, -0.1) is 0 Å². The number of nitrogens with zero attached hydrogens (tertiary/aromatic N) is 3. The smallest absolute Gasteiger partial charge is 0.534 e. The predicted molar refractivity (Wildman–Crippen MR) is 179 cm³/mol. The van der Waals surface area contributed by atoms with E-state index in [0.29, 0.717) is 6.07 Å². The number of halogens is 4. The standard InChI is InChI=1S/C33H30BClF3N5O11/c35-23-17(13-19(37)26(45)27(23)46)25(29(47)39-21-12-14-4-5-18(36)22(31(49)50)28(14)54-34(21)53)40-32(51)43-11-10-42(33(43)52)15-6-8-41(9-7-15)30(48)16-2-1-3-20(44)24(16)38/h1-5,13,15,21,25,44-46,53H,6-12H2,(H,39,47)(H,40,51)(H,49,50)/t21-,25-/m0/s1. The number of aromatic hydroxyl groups is 3. The zero-order valence-corrected chi connectivity index (χ0v) is 28.5. The molecular formula is C33H30BClF3N5O11. The van der Waals surface area contributed by atoms with Gasteiger partial charge in [0.15, 0.2) is 28.9 Å². The molecule has 3 aromatic carbocycles. The van der Waals surface area contributed by atoms with Crippen molar-refractivity contribution >= 4 is 48.6 Å². The molecule has 0 spiro atoms. The van der Waals surface area contributed by atoms with Crippen LogP contribution in [0.3, 0.4) is 0 Å². The molecule has 3 heterocycles. The van der Waals surface area contributed by atoms with Crippen LogP contribution >= 0.6 is 11.6 Å². The lowest BCUT2D eigenvalue weighted by Crippen LogP contribution is -2.56. The van der Waals surface area contributed by atoms with E-state index < -0.39 is 112 Å². The van der Waals surface area contributed by atoms with Gasteiger partial charge in [-0.1, -0.05) is 23.7 Å². The summed E-state index contributed by atoms with van der Waals surface area (Å²) in [6.07, 6.45) is 0.213. The number of piperidine rings is 1. The highest BCUT2D eigenvalue weighted by Gasteiger charge is 2.43. The summed E-state index contributed by atoms with van der Waals surface area (Å²) in [5.41, 5.74) is -1.65. The molecule has 7 N–H and O–H groups in total. The van der Waals surface area contributed by atoms with Gasteiger partial charge in [0, 0.05) is 37.8 Å². The third-order valence-electron chi connectivity index (χ3n) is 9.48. The molecule has 6 rings (SSSR count). The molecular weight excluding hydrogens is 746 g/mol. The van der Waals surface area contributed by atoms with Crippen LogP contribution in [-0.2, 0) is 11.2 Å². The number of benzene rings is 3. The van der Waals surface area contributed by atoms with E-state index >= 15 is 0 Å². The summed E-state index contributed by atoms with van der Waals surface area (Å²) in [7, 11) is -1.95. The number of phenols is 3. The average Bonchev–Trinajstić information content (AvgIpc) is 3.53. The molecule has 0 radical (unpaired) electrons.